The van der Waals surface area contributed by atoms with E-state index in [1.165, 1.54) is 28.6 Å². The van der Waals surface area contributed by atoms with Crippen molar-refractivity contribution in [2.24, 2.45) is 0 Å². The molecule has 5 nitrogen and oxygen atoms in total. The number of hydrogen-bond donors (Lipinski definition) is 2. The Balaban J connectivity index is 1.43. The van der Waals surface area contributed by atoms with Gasteiger partial charge in [-0.05, 0) is 72.4 Å². The predicted molar refractivity (Wildman–Crippen MR) is 155 cm³/mol. The number of benzene rings is 3. The number of H-pyrrole nitrogens is 1. The normalized spacial score (nSPS) is 17.9. The van der Waals surface area contributed by atoms with Gasteiger partial charge in [-0.25, -0.2) is 0 Å². The van der Waals surface area contributed by atoms with E-state index >= 15 is 0 Å². The Labute approximate surface area is 223 Å². The van der Waals surface area contributed by atoms with Crippen molar-refractivity contribution in [1.29, 1.82) is 0 Å². The van der Waals surface area contributed by atoms with Crippen LogP contribution in [0.2, 0.25) is 0 Å². The first-order valence-corrected chi connectivity index (χ1v) is 13.3. The molecule has 2 aliphatic rings. The minimum atomic E-state index is -0.391. The molecule has 1 aromatic heterocycles. The first-order valence-electron chi connectivity index (χ1n) is 13.3. The third-order valence-electron chi connectivity index (χ3n) is 7.85. The molecule has 6 rings (SSSR count). The summed E-state index contributed by atoms with van der Waals surface area (Å²) in [7, 11) is 3.51. The predicted octanol–water partition coefficient (Wildman–Crippen LogP) is 6.50. The number of ether oxygens (including phenoxy) is 1. The SMILES string of the molecule is COc1ccc(N(C)C(=O)C2Cc3cccc(c3)/C=C\c3[nH]c4ccccc4c3CC(=C3CCC3)N2)cc1. The third-order valence-corrected chi connectivity index (χ3v) is 7.85. The molecular weight excluding hydrogens is 470 g/mol. The summed E-state index contributed by atoms with van der Waals surface area (Å²) >= 11 is 0. The quantitative estimate of drug-likeness (QED) is 0.335. The molecule has 2 N–H and O–H groups in total. The van der Waals surface area contributed by atoms with Crippen molar-refractivity contribution in [3.05, 3.63) is 106 Å². The van der Waals surface area contributed by atoms with Crippen molar-refractivity contribution in [1.82, 2.24) is 10.3 Å². The number of methoxy groups -OCH3 is 1. The highest BCUT2D eigenvalue weighted by Crippen LogP contribution is 2.33. The van der Waals surface area contributed by atoms with E-state index in [9.17, 15) is 4.79 Å². The number of carbonyl (C=O) groups is 1. The number of rotatable bonds is 3. The highest BCUT2D eigenvalue weighted by molar-refractivity contribution is 5.97. The summed E-state index contributed by atoms with van der Waals surface area (Å²) in [5.41, 5.74) is 9.25. The molecule has 5 heteroatoms. The summed E-state index contributed by atoms with van der Waals surface area (Å²) < 4.78 is 5.31. The fourth-order valence-electron chi connectivity index (χ4n) is 5.48. The van der Waals surface area contributed by atoms with Crippen LogP contribution in [0.4, 0.5) is 5.69 Å². The van der Waals surface area contributed by atoms with Crippen LogP contribution in [0.15, 0.2) is 84.1 Å². The van der Waals surface area contributed by atoms with Gasteiger partial charge in [0.2, 0.25) is 5.91 Å². The maximum atomic E-state index is 14.0. The van der Waals surface area contributed by atoms with Crippen LogP contribution in [0.5, 0.6) is 5.75 Å². The van der Waals surface area contributed by atoms with E-state index in [0.717, 1.165) is 53.0 Å². The van der Waals surface area contributed by atoms with Gasteiger partial charge in [-0.1, -0.05) is 54.1 Å². The number of fused-ring (bicyclic) bond motifs is 5. The summed E-state index contributed by atoms with van der Waals surface area (Å²) in [4.78, 5) is 19.4. The maximum absolute atomic E-state index is 14.0. The minimum Gasteiger partial charge on any atom is -0.497 e. The average molecular weight is 504 g/mol. The lowest BCUT2D eigenvalue weighted by atomic mass is 9.87. The Kier molecular flexibility index (Phi) is 6.50. The van der Waals surface area contributed by atoms with Gasteiger partial charge in [0, 0.05) is 47.9 Å². The molecule has 3 aromatic carbocycles. The molecule has 1 aliphatic heterocycles. The highest BCUT2D eigenvalue weighted by atomic mass is 16.5. The fourth-order valence-corrected chi connectivity index (χ4v) is 5.48. The fraction of sp³-hybridized carbons (Fsp3) is 0.242. The van der Waals surface area contributed by atoms with E-state index in [1.807, 2.05) is 31.3 Å². The number of nitrogens with zero attached hydrogens (tertiary/aromatic N) is 1. The van der Waals surface area contributed by atoms with Crippen LogP contribution in [-0.4, -0.2) is 31.1 Å². The second-order valence-corrected chi connectivity index (χ2v) is 10.2. The van der Waals surface area contributed by atoms with Gasteiger partial charge in [0.25, 0.3) is 0 Å². The second-order valence-electron chi connectivity index (χ2n) is 10.2. The molecule has 0 spiro atoms. The number of likely N-dealkylation sites (N-methyl/N-ethyl adjacent to an activating group) is 1. The Morgan fingerprint density at radius 2 is 1.79 bits per heavy atom. The summed E-state index contributed by atoms with van der Waals surface area (Å²) in [6.45, 7) is 0. The number of carbonyl (C=O) groups excluding carboxylic acids is 1. The summed E-state index contributed by atoms with van der Waals surface area (Å²) in [6, 6.07) is 24.2. The lowest BCUT2D eigenvalue weighted by Crippen LogP contribution is -2.47. The average Bonchev–Trinajstić information content (AvgIpc) is 3.26. The van der Waals surface area contributed by atoms with Gasteiger partial charge in [0.15, 0.2) is 0 Å². The van der Waals surface area contributed by atoms with Crippen molar-refractivity contribution in [2.75, 3.05) is 19.1 Å². The zero-order chi connectivity index (χ0) is 26.1. The number of aromatic nitrogens is 1. The molecule has 1 atom stereocenters. The van der Waals surface area contributed by atoms with Crippen LogP contribution in [-0.2, 0) is 17.6 Å². The first-order chi connectivity index (χ1) is 18.6. The van der Waals surface area contributed by atoms with Gasteiger partial charge in [-0.2, -0.15) is 0 Å². The summed E-state index contributed by atoms with van der Waals surface area (Å²) in [5, 5.41) is 5.01. The van der Waals surface area contributed by atoms with Gasteiger partial charge in [0.05, 0.1) is 7.11 Å². The van der Waals surface area contributed by atoms with Crippen LogP contribution in [0.1, 0.15) is 41.6 Å². The van der Waals surface area contributed by atoms with E-state index < -0.39 is 6.04 Å². The summed E-state index contributed by atoms with van der Waals surface area (Å²) in [6.07, 6.45) is 9.11. The van der Waals surface area contributed by atoms with Crippen LogP contribution >= 0.6 is 0 Å². The number of hydrogen-bond acceptors (Lipinski definition) is 3. The van der Waals surface area contributed by atoms with Gasteiger partial charge < -0.3 is 19.9 Å². The topological polar surface area (TPSA) is 57.4 Å². The molecule has 1 fully saturated rings. The van der Waals surface area contributed by atoms with Crippen molar-refractivity contribution in [3.63, 3.8) is 0 Å². The van der Waals surface area contributed by atoms with Gasteiger partial charge in [0.1, 0.15) is 11.8 Å². The summed E-state index contributed by atoms with van der Waals surface area (Å²) in [5.74, 6) is 0.819. The second kappa shape index (κ2) is 10.3. The van der Waals surface area contributed by atoms with Gasteiger partial charge in [-0.3, -0.25) is 4.79 Å². The van der Waals surface area contributed by atoms with E-state index in [4.69, 9.17) is 4.74 Å². The monoisotopic (exact) mass is 503 g/mol. The highest BCUT2D eigenvalue weighted by Gasteiger charge is 2.27. The van der Waals surface area contributed by atoms with E-state index in [2.05, 4.69) is 71.0 Å². The van der Waals surface area contributed by atoms with Crippen molar-refractivity contribution < 1.29 is 9.53 Å². The van der Waals surface area contributed by atoms with E-state index in [1.54, 1.807) is 12.0 Å². The van der Waals surface area contributed by atoms with E-state index in [0.29, 0.717) is 6.42 Å². The number of aromatic amines is 1. The van der Waals surface area contributed by atoms with Crippen LogP contribution in [0.25, 0.3) is 23.1 Å². The number of amides is 1. The molecule has 2 bridgehead atoms. The molecule has 38 heavy (non-hydrogen) atoms. The number of para-hydroxylation sites is 1. The molecule has 2 heterocycles. The molecule has 1 unspecified atom stereocenters. The third kappa shape index (κ3) is 4.72. The Morgan fingerprint density at radius 1 is 0.974 bits per heavy atom. The van der Waals surface area contributed by atoms with Gasteiger partial charge >= 0.3 is 0 Å². The standard InChI is InChI=1S/C33H33N3O2/c1-36(25-14-16-26(38-2)17-15-25)33(37)32-20-23-8-5-7-22(19-23)13-18-30-28(21-31(35-32)24-9-6-10-24)27-11-3-4-12-29(27)34-30/h3-5,7-8,11-19,32,34-35H,6,9-10,20-21H2,1-2H3/b18-13-. The molecule has 1 aliphatic carbocycles. The lowest BCUT2D eigenvalue weighted by Gasteiger charge is -2.30. The first kappa shape index (κ1) is 24.1. The smallest absolute Gasteiger partial charge is 0.249 e. The zero-order valence-electron chi connectivity index (χ0n) is 22.0. The van der Waals surface area contributed by atoms with E-state index in [-0.39, 0.29) is 5.91 Å². The minimum absolute atomic E-state index is 0.0461. The Bertz CT molecular complexity index is 1540. The number of anilines is 1. The van der Waals surface area contributed by atoms with Crippen LogP contribution in [0.3, 0.4) is 0 Å². The van der Waals surface area contributed by atoms with Crippen molar-refractivity contribution in [3.8, 4) is 5.75 Å². The molecule has 192 valence electrons. The number of nitrogens with one attached hydrogen (secondary N) is 2. The molecule has 0 saturated heterocycles. The molecular formula is C33H33N3O2. The van der Waals surface area contributed by atoms with Gasteiger partial charge in [-0.15, -0.1) is 0 Å². The molecule has 4 aromatic rings. The van der Waals surface area contributed by atoms with Crippen molar-refractivity contribution >= 4 is 34.6 Å². The molecule has 1 saturated carbocycles. The molecule has 1 amide bonds. The Morgan fingerprint density at radius 3 is 2.55 bits per heavy atom. The maximum Gasteiger partial charge on any atom is 0.249 e. The Hall–Kier alpha value is -4.25. The zero-order valence-corrected chi connectivity index (χ0v) is 22.0. The van der Waals surface area contributed by atoms with Crippen molar-refractivity contribution in [2.45, 2.75) is 38.1 Å². The van der Waals surface area contributed by atoms with Crippen LogP contribution < -0.4 is 15.0 Å². The number of allylic oxidation sites excluding steroid dienone is 2. The van der Waals surface area contributed by atoms with Crippen LogP contribution in [0, 0.1) is 0 Å². The largest absolute Gasteiger partial charge is 0.497 e. The molecule has 0 radical (unpaired) electrons. The lowest BCUT2D eigenvalue weighted by molar-refractivity contribution is -0.120.